The molecule has 176 valence electrons. The van der Waals surface area contributed by atoms with Gasteiger partial charge in [-0.2, -0.15) is 30.7 Å². The first kappa shape index (κ1) is 24.0. The molecule has 0 bridgehead atoms. The molecule has 1 aliphatic heterocycles. The smallest absolute Gasteiger partial charge is 0.344 e. The van der Waals surface area contributed by atoms with Gasteiger partial charge in [-0.15, -0.1) is 0 Å². The van der Waals surface area contributed by atoms with Gasteiger partial charge >= 0.3 is 29.8 Å². The summed E-state index contributed by atoms with van der Waals surface area (Å²) < 4.78 is 90.8. The van der Waals surface area contributed by atoms with Crippen LogP contribution in [0, 0.1) is 0 Å². The number of para-hydroxylation sites is 1. The van der Waals surface area contributed by atoms with Gasteiger partial charge in [0, 0.05) is 11.3 Å². The van der Waals surface area contributed by atoms with E-state index in [1.54, 1.807) is 35.6 Å². The molecule has 3 rings (SSSR count). The van der Waals surface area contributed by atoms with Crippen molar-refractivity contribution in [2.24, 2.45) is 0 Å². The van der Waals surface area contributed by atoms with Crippen LogP contribution in [0.2, 0.25) is 0 Å². The monoisotopic (exact) mass is 477 g/mol. The van der Waals surface area contributed by atoms with Crippen LogP contribution < -0.4 is 16.0 Å². The average molecular weight is 477 g/mol. The van der Waals surface area contributed by atoms with Gasteiger partial charge in [0.25, 0.3) is 5.91 Å². The standard InChI is InChI=1S/C20H14F7N3O3/c21-18(22,20(25,26)27)9-28-16(32)19(23,24)17(33)30-14-12-7-2-1-5-10(12)11-6-3-4-8-13(11)29-15(14)31/h1-8,14H,9H2,(H,28,32)(H,29,31)(H,30,33)/t14-/m0/s1. The quantitative estimate of drug-likeness (QED) is 0.456. The maximum absolute atomic E-state index is 14.2. The van der Waals surface area contributed by atoms with Crippen molar-refractivity contribution in [2.75, 3.05) is 11.9 Å². The van der Waals surface area contributed by atoms with E-state index in [9.17, 15) is 45.1 Å². The lowest BCUT2D eigenvalue weighted by Crippen LogP contribution is -2.56. The van der Waals surface area contributed by atoms with Crippen LogP contribution in [-0.4, -0.2) is 42.3 Å². The Kier molecular flexibility index (Phi) is 6.09. The molecule has 0 aromatic heterocycles. The highest BCUT2D eigenvalue weighted by atomic mass is 19.4. The Bertz CT molecular complexity index is 1100. The van der Waals surface area contributed by atoms with E-state index >= 15 is 0 Å². The minimum absolute atomic E-state index is 0.0908. The number of amides is 3. The number of hydrogen-bond acceptors (Lipinski definition) is 3. The molecule has 3 N–H and O–H groups in total. The molecule has 0 aliphatic carbocycles. The van der Waals surface area contributed by atoms with Crippen LogP contribution in [0.15, 0.2) is 48.5 Å². The van der Waals surface area contributed by atoms with Crippen molar-refractivity contribution >= 4 is 23.4 Å². The number of nitrogens with one attached hydrogen (secondary N) is 3. The number of halogens is 7. The predicted molar refractivity (Wildman–Crippen MR) is 100 cm³/mol. The average Bonchev–Trinajstić information content (AvgIpc) is 2.86. The molecule has 33 heavy (non-hydrogen) atoms. The summed E-state index contributed by atoms with van der Waals surface area (Å²) in [6.45, 7) is -2.50. The van der Waals surface area contributed by atoms with Crippen LogP contribution in [0.4, 0.5) is 36.4 Å². The second kappa shape index (κ2) is 8.37. The summed E-state index contributed by atoms with van der Waals surface area (Å²) in [5.41, 5.74) is 1.31. The molecule has 13 heteroatoms. The molecule has 1 atom stereocenters. The molecule has 1 aliphatic rings. The zero-order valence-corrected chi connectivity index (χ0v) is 16.3. The molecule has 0 saturated carbocycles. The topological polar surface area (TPSA) is 87.3 Å². The largest absolute Gasteiger partial charge is 0.455 e. The third-order valence-corrected chi connectivity index (χ3v) is 4.74. The third kappa shape index (κ3) is 4.61. The summed E-state index contributed by atoms with van der Waals surface area (Å²) in [6.07, 6.45) is -6.10. The van der Waals surface area contributed by atoms with Crippen LogP contribution in [0.3, 0.4) is 0 Å². The predicted octanol–water partition coefficient (Wildman–Crippen LogP) is 3.41. The maximum atomic E-state index is 14.2. The number of carbonyl (C=O) groups is 3. The number of rotatable bonds is 5. The molecule has 3 amide bonds. The van der Waals surface area contributed by atoms with E-state index in [-0.39, 0.29) is 5.56 Å². The molecule has 6 nitrogen and oxygen atoms in total. The lowest BCUT2D eigenvalue weighted by atomic mass is 9.95. The van der Waals surface area contributed by atoms with Gasteiger partial charge < -0.3 is 16.0 Å². The van der Waals surface area contributed by atoms with Crippen LogP contribution in [0.5, 0.6) is 0 Å². The van der Waals surface area contributed by atoms with E-state index in [4.69, 9.17) is 0 Å². The highest BCUT2D eigenvalue weighted by Gasteiger charge is 2.58. The fourth-order valence-electron chi connectivity index (χ4n) is 3.04. The van der Waals surface area contributed by atoms with Gasteiger partial charge in [-0.05, 0) is 17.2 Å². The van der Waals surface area contributed by atoms with Gasteiger partial charge in [0.05, 0.1) is 6.54 Å². The highest BCUT2D eigenvalue weighted by molar-refractivity contribution is 6.10. The number of fused-ring (bicyclic) bond motifs is 3. The summed E-state index contributed by atoms with van der Waals surface area (Å²) in [5, 5.41) is 4.85. The summed E-state index contributed by atoms with van der Waals surface area (Å²) in [7, 11) is 0. The number of hydrogen-bond donors (Lipinski definition) is 3. The maximum Gasteiger partial charge on any atom is 0.455 e. The lowest BCUT2D eigenvalue weighted by Gasteiger charge is -2.23. The van der Waals surface area contributed by atoms with Crippen molar-refractivity contribution < 1.29 is 45.1 Å². The molecule has 2 aromatic rings. The van der Waals surface area contributed by atoms with Crippen LogP contribution in [0.1, 0.15) is 11.6 Å². The normalized spacial score (nSPS) is 16.1. The summed E-state index contributed by atoms with van der Waals surface area (Å²) in [4.78, 5) is 36.3. The van der Waals surface area contributed by atoms with Crippen molar-refractivity contribution in [2.45, 2.75) is 24.1 Å². The van der Waals surface area contributed by atoms with Crippen LogP contribution in [0.25, 0.3) is 11.1 Å². The summed E-state index contributed by atoms with van der Waals surface area (Å²) in [6, 6.07) is 10.6. The Morgan fingerprint density at radius 2 is 1.42 bits per heavy atom. The van der Waals surface area contributed by atoms with Crippen LogP contribution in [-0.2, 0) is 14.4 Å². The first-order chi connectivity index (χ1) is 15.3. The second-order valence-electron chi connectivity index (χ2n) is 6.99. The van der Waals surface area contributed by atoms with Gasteiger partial charge in [0.2, 0.25) is 0 Å². The zero-order valence-electron chi connectivity index (χ0n) is 16.3. The summed E-state index contributed by atoms with van der Waals surface area (Å²) in [5.74, 6) is -16.6. The van der Waals surface area contributed by atoms with Crippen molar-refractivity contribution in [1.82, 2.24) is 10.6 Å². The molecule has 2 aromatic carbocycles. The van der Waals surface area contributed by atoms with Gasteiger partial charge in [-0.3, -0.25) is 14.4 Å². The van der Waals surface area contributed by atoms with E-state index < -0.39 is 48.3 Å². The fourth-order valence-corrected chi connectivity index (χ4v) is 3.04. The van der Waals surface area contributed by atoms with Crippen molar-refractivity contribution in [3.05, 3.63) is 54.1 Å². The molecule has 1 heterocycles. The Morgan fingerprint density at radius 1 is 0.848 bits per heavy atom. The van der Waals surface area contributed by atoms with Gasteiger partial charge in [-0.1, -0.05) is 42.5 Å². The van der Waals surface area contributed by atoms with Gasteiger partial charge in [0.1, 0.15) is 6.04 Å². The number of alkyl halides is 7. The first-order valence-electron chi connectivity index (χ1n) is 9.16. The molecular formula is C20H14F7N3O3. The zero-order chi connectivity index (χ0) is 24.6. The Hall–Kier alpha value is -3.64. The fraction of sp³-hybridized carbons (Fsp3) is 0.250. The minimum atomic E-state index is -6.10. The number of benzene rings is 2. The Morgan fingerprint density at radius 3 is 2.06 bits per heavy atom. The SMILES string of the molecule is O=C1Nc2ccccc2-c2ccccc2[C@@H]1NC(=O)C(F)(F)C(=O)NCC(F)(F)C(F)(F)F. The van der Waals surface area contributed by atoms with Gasteiger partial charge in [-0.25, -0.2) is 0 Å². The van der Waals surface area contributed by atoms with Crippen LogP contribution >= 0.6 is 0 Å². The number of carbonyl (C=O) groups excluding carboxylic acids is 3. The van der Waals surface area contributed by atoms with E-state index in [0.717, 1.165) is 5.32 Å². The van der Waals surface area contributed by atoms with E-state index in [1.807, 2.05) is 0 Å². The van der Waals surface area contributed by atoms with E-state index in [1.165, 1.54) is 18.2 Å². The van der Waals surface area contributed by atoms with Crippen molar-refractivity contribution in [3.63, 3.8) is 0 Å². The minimum Gasteiger partial charge on any atom is -0.344 e. The van der Waals surface area contributed by atoms with Crippen molar-refractivity contribution in [3.8, 4) is 11.1 Å². The third-order valence-electron chi connectivity index (χ3n) is 4.74. The molecular weight excluding hydrogens is 463 g/mol. The molecule has 0 radical (unpaired) electrons. The molecule has 0 fully saturated rings. The highest BCUT2D eigenvalue weighted by Crippen LogP contribution is 2.38. The first-order valence-corrected chi connectivity index (χ1v) is 9.16. The van der Waals surface area contributed by atoms with E-state index in [2.05, 4.69) is 5.32 Å². The lowest BCUT2D eigenvalue weighted by molar-refractivity contribution is -0.279. The van der Waals surface area contributed by atoms with Crippen molar-refractivity contribution in [1.29, 1.82) is 0 Å². The molecule has 0 unspecified atom stereocenters. The Labute approximate surface area is 181 Å². The molecule has 0 spiro atoms. The molecule has 0 saturated heterocycles. The second-order valence-corrected chi connectivity index (χ2v) is 6.99. The number of anilines is 1. The van der Waals surface area contributed by atoms with Gasteiger partial charge in [0.15, 0.2) is 0 Å². The summed E-state index contributed by atoms with van der Waals surface area (Å²) >= 11 is 0. The Balaban J connectivity index is 1.83. The van der Waals surface area contributed by atoms with E-state index in [0.29, 0.717) is 16.8 Å².